The van der Waals surface area contributed by atoms with Crippen LogP contribution in [0.15, 0.2) is 18.2 Å². The molecule has 5 heteroatoms. The van der Waals surface area contributed by atoms with Gasteiger partial charge in [-0.1, -0.05) is 50.0 Å². The van der Waals surface area contributed by atoms with Crippen molar-refractivity contribution in [2.75, 3.05) is 7.11 Å². The van der Waals surface area contributed by atoms with Crippen LogP contribution in [-0.2, 0) is 11.2 Å². The number of methoxy groups -OCH3 is 1. The molecule has 108 valence electrons. The normalized spacial score (nSPS) is 15.3. The molecule has 1 aromatic carbocycles. The van der Waals surface area contributed by atoms with E-state index in [9.17, 15) is 0 Å². The first-order valence-electron chi connectivity index (χ1n) is 6.22. The molecule has 0 aromatic heterocycles. The Morgan fingerprint density at radius 2 is 1.95 bits per heavy atom. The van der Waals surface area contributed by atoms with Crippen molar-refractivity contribution < 1.29 is 4.74 Å². The molecule has 1 aromatic rings. The maximum atomic E-state index is 6.20. The highest BCUT2D eigenvalue weighted by Crippen LogP contribution is 2.28. The fraction of sp³-hybridized carbons (Fsp3) is 0.571. The smallest absolute Gasteiger partial charge is 0.0789 e. The lowest BCUT2D eigenvalue weighted by Gasteiger charge is -2.35. The predicted octanol–water partition coefficient (Wildman–Crippen LogP) is 3.43. The number of benzene rings is 1. The van der Waals surface area contributed by atoms with Gasteiger partial charge in [0.15, 0.2) is 0 Å². The number of hydrogen-bond acceptors (Lipinski definition) is 3. The van der Waals surface area contributed by atoms with E-state index >= 15 is 0 Å². The lowest BCUT2D eigenvalue weighted by molar-refractivity contribution is -0.0110. The third kappa shape index (κ3) is 4.62. The van der Waals surface area contributed by atoms with Crippen LogP contribution >= 0.6 is 23.2 Å². The molecule has 0 radical (unpaired) electrons. The summed E-state index contributed by atoms with van der Waals surface area (Å²) in [4.78, 5) is 0. The molecule has 0 saturated heterocycles. The zero-order valence-electron chi connectivity index (χ0n) is 11.8. The first-order valence-corrected chi connectivity index (χ1v) is 6.98. The number of hydrogen-bond donors (Lipinski definition) is 2. The van der Waals surface area contributed by atoms with Crippen molar-refractivity contribution in [1.82, 2.24) is 5.43 Å². The Kier molecular flexibility index (Phi) is 6.09. The molecule has 2 unspecified atom stereocenters. The second kappa shape index (κ2) is 6.91. The number of ether oxygens (including phenoxy) is 1. The number of rotatable bonds is 5. The van der Waals surface area contributed by atoms with Gasteiger partial charge in [-0.05, 0) is 29.5 Å². The van der Waals surface area contributed by atoms with Gasteiger partial charge in [-0.3, -0.25) is 11.3 Å². The van der Waals surface area contributed by atoms with E-state index in [-0.39, 0.29) is 17.6 Å². The van der Waals surface area contributed by atoms with E-state index in [2.05, 4.69) is 26.2 Å². The zero-order valence-corrected chi connectivity index (χ0v) is 13.3. The molecule has 0 aliphatic heterocycles. The Morgan fingerprint density at radius 1 is 1.32 bits per heavy atom. The van der Waals surface area contributed by atoms with Gasteiger partial charge in [0.2, 0.25) is 0 Å². The zero-order chi connectivity index (χ0) is 14.6. The Bertz CT molecular complexity index is 418. The third-order valence-electron chi connectivity index (χ3n) is 3.14. The molecule has 19 heavy (non-hydrogen) atoms. The van der Waals surface area contributed by atoms with E-state index in [1.807, 2.05) is 12.1 Å². The molecule has 3 N–H and O–H groups in total. The minimum atomic E-state index is -0.0244. The molecule has 0 saturated carbocycles. The largest absolute Gasteiger partial charge is 0.379 e. The van der Waals surface area contributed by atoms with Gasteiger partial charge < -0.3 is 4.74 Å². The molecule has 0 spiro atoms. The van der Waals surface area contributed by atoms with Crippen molar-refractivity contribution in [1.29, 1.82) is 0 Å². The number of nitrogens with one attached hydrogen (secondary N) is 1. The van der Waals surface area contributed by atoms with E-state index in [1.54, 1.807) is 13.2 Å². The van der Waals surface area contributed by atoms with E-state index in [4.69, 9.17) is 33.8 Å². The van der Waals surface area contributed by atoms with Gasteiger partial charge in [0, 0.05) is 17.2 Å². The van der Waals surface area contributed by atoms with Gasteiger partial charge in [0.05, 0.1) is 12.1 Å². The molecule has 2 atom stereocenters. The monoisotopic (exact) mass is 304 g/mol. The highest BCUT2D eigenvalue weighted by molar-refractivity contribution is 6.35. The highest BCUT2D eigenvalue weighted by Gasteiger charge is 2.32. The van der Waals surface area contributed by atoms with Crippen molar-refractivity contribution in [3.8, 4) is 0 Å². The second-order valence-corrected chi connectivity index (χ2v) is 6.58. The summed E-state index contributed by atoms with van der Waals surface area (Å²) in [6, 6.07) is 5.47. The van der Waals surface area contributed by atoms with Crippen LogP contribution < -0.4 is 11.3 Å². The van der Waals surface area contributed by atoms with Gasteiger partial charge >= 0.3 is 0 Å². The van der Waals surface area contributed by atoms with Crippen LogP contribution in [0.4, 0.5) is 0 Å². The van der Waals surface area contributed by atoms with Crippen molar-refractivity contribution in [3.05, 3.63) is 33.8 Å². The van der Waals surface area contributed by atoms with Gasteiger partial charge in [-0.2, -0.15) is 0 Å². The summed E-state index contributed by atoms with van der Waals surface area (Å²) in [5, 5.41) is 1.28. The molecule has 0 fully saturated rings. The topological polar surface area (TPSA) is 47.3 Å². The molecule has 0 aliphatic rings. The third-order valence-corrected chi connectivity index (χ3v) is 3.73. The minimum Gasteiger partial charge on any atom is -0.379 e. The molecule has 0 aliphatic carbocycles. The van der Waals surface area contributed by atoms with Crippen molar-refractivity contribution in [2.45, 2.75) is 39.3 Å². The van der Waals surface area contributed by atoms with Crippen molar-refractivity contribution in [3.63, 3.8) is 0 Å². The van der Waals surface area contributed by atoms with Crippen LogP contribution in [0, 0.1) is 5.41 Å². The molecule has 1 rings (SSSR count). The summed E-state index contributed by atoms with van der Waals surface area (Å²) in [6.07, 6.45) is 0.659. The molecular formula is C14H22Cl2N2O. The summed E-state index contributed by atoms with van der Waals surface area (Å²) in [6.45, 7) is 6.36. The lowest BCUT2D eigenvalue weighted by Crippen LogP contribution is -2.51. The first-order chi connectivity index (χ1) is 8.79. The Morgan fingerprint density at radius 3 is 2.37 bits per heavy atom. The van der Waals surface area contributed by atoms with Crippen molar-refractivity contribution >= 4 is 23.2 Å². The molecule has 0 heterocycles. The summed E-state index contributed by atoms with van der Waals surface area (Å²) in [7, 11) is 1.70. The highest BCUT2D eigenvalue weighted by atomic mass is 35.5. The fourth-order valence-electron chi connectivity index (χ4n) is 2.30. The minimum absolute atomic E-state index is 0.0231. The molecular weight excluding hydrogens is 283 g/mol. The maximum absolute atomic E-state index is 6.20. The van der Waals surface area contributed by atoms with Gasteiger partial charge in [-0.25, -0.2) is 0 Å². The Hall–Kier alpha value is -0.320. The summed E-state index contributed by atoms with van der Waals surface area (Å²) in [5.41, 5.74) is 3.81. The van der Waals surface area contributed by atoms with Crippen LogP contribution in [0.2, 0.25) is 10.0 Å². The Labute approximate surface area is 125 Å². The SMILES string of the molecule is COC(C(Cc1ccc(Cl)cc1Cl)NN)C(C)(C)C. The standard InChI is InChI=1S/C14H22Cl2N2O/c1-14(2,3)13(19-4)12(18-17)7-9-5-6-10(15)8-11(9)16/h5-6,8,12-13,18H,7,17H2,1-4H3. The van der Waals surface area contributed by atoms with Gasteiger partial charge in [0.1, 0.15) is 0 Å². The summed E-state index contributed by atoms with van der Waals surface area (Å²) < 4.78 is 5.59. The van der Waals surface area contributed by atoms with Gasteiger partial charge in [-0.15, -0.1) is 0 Å². The van der Waals surface area contributed by atoms with Crippen LogP contribution in [0.5, 0.6) is 0 Å². The van der Waals surface area contributed by atoms with E-state index in [0.29, 0.717) is 16.5 Å². The van der Waals surface area contributed by atoms with Crippen molar-refractivity contribution in [2.24, 2.45) is 11.3 Å². The van der Waals surface area contributed by atoms with E-state index in [1.165, 1.54) is 0 Å². The molecule has 3 nitrogen and oxygen atoms in total. The average molecular weight is 305 g/mol. The second-order valence-electron chi connectivity index (χ2n) is 5.74. The van der Waals surface area contributed by atoms with Crippen LogP contribution in [0.25, 0.3) is 0 Å². The number of halogens is 2. The summed E-state index contributed by atoms with van der Waals surface area (Å²) >= 11 is 12.1. The lowest BCUT2D eigenvalue weighted by atomic mass is 9.82. The Balaban J connectivity index is 2.92. The number of nitrogens with two attached hydrogens (primary N) is 1. The molecule has 0 amide bonds. The van der Waals surface area contributed by atoms with Crippen LogP contribution in [0.3, 0.4) is 0 Å². The van der Waals surface area contributed by atoms with Crippen LogP contribution in [-0.4, -0.2) is 19.3 Å². The fourth-order valence-corrected chi connectivity index (χ4v) is 2.78. The molecule has 0 bridgehead atoms. The summed E-state index contributed by atoms with van der Waals surface area (Å²) in [5.74, 6) is 5.67. The van der Waals surface area contributed by atoms with Gasteiger partial charge in [0.25, 0.3) is 0 Å². The average Bonchev–Trinajstić information content (AvgIpc) is 2.30. The quantitative estimate of drug-likeness (QED) is 0.647. The van der Waals surface area contributed by atoms with Crippen LogP contribution in [0.1, 0.15) is 26.3 Å². The first kappa shape index (κ1) is 16.7. The number of hydrazine groups is 1. The van der Waals surface area contributed by atoms with E-state index in [0.717, 1.165) is 5.56 Å². The van der Waals surface area contributed by atoms with E-state index < -0.39 is 0 Å². The maximum Gasteiger partial charge on any atom is 0.0789 e. The predicted molar refractivity (Wildman–Crippen MR) is 81.5 cm³/mol.